The van der Waals surface area contributed by atoms with Crippen LogP contribution in [-0.4, -0.2) is 34.3 Å². The Bertz CT molecular complexity index is 1160. The Morgan fingerprint density at radius 1 is 1.07 bits per heavy atom. The smallest absolute Gasteiger partial charge is 0.264 e. The van der Waals surface area contributed by atoms with Gasteiger partial charge in [0.25, 0.3) is 10.0 Å². The fraction of sp³-hybridized carbons (Fsp3) is 0.118. The van der Waals surface area contributed by atoms with E-state index in [9.17, 15) is 13.2 Å². The van der Waals surface area contributed by atoms with Gasteiger partial charge in [0.1, 0.15) is 18.0 Å². The number of hydrogen-bond acceptors (Lipinski definition) is 8. The molecule has 1 aliphatic heterocycles. The zero-order valence-electron chi connectivity index (χ0n) is 14.7. The Hall–Kier alpha value is -3.60. The first-order valence-electron chi connectivity index (χ1n) is 8.19. The minimum absolute atomic E-state index is 0.00879. The standard InChI is InChI=1S/C17H15N7O3S/c1-10-7-19-17(20-8-10)23-28(26,27)12-4-2-11(3-5-12)24-14(25)6-13-15(18)21-9-22-16(13)24/h2-5,7-9H,6H2,1H3,(H2,18,21,22)(H,19,20,23). The quantitative estimate of drug-likeness (QED) is 0.668. The van der Waals surface area contributed by atoms with E-state index in [1.807, 2.05) is 0 Å². The predicted molar refractivity (Wildman–Crippen MR) is 101 cm³/mol. The molecule has 0 bridgehead atoms. The summed E-state index contributed by atoms with van der Waals surface area (Å²) < 4.78 is 27.4. The van der Waals surface area contributed by atoms with Crippen LogP contribution in [-0.2, 0) is 21.2 Å². The third-order valence-electron chi connectivity index (χ3n) is 4.16. The third-order valence-corrected chi connectivity index (χ3v) is 5.50. The first-order chi connectivity index (χ1) is 13.3. The van der Waals surface area contributed by atoms with Crippen LogP contribution >= 0.6 is 0 Å². The molecular weight excluding hydrogens is 382 g/mol. The van der Waals surface area contributed by atoms with Gasteiger partial charge in [-0.2, -0.15) is 0 Å². The van der Waals surface area contributed by atoms with Crippen LogP contribution in [0, 0.1) is 6.92 Å². The van der Waals surface area contributed by atoms with Crippen LogP contribution in [0.25, 0.3) is 0 Å². The number of carbonyl (C=O) groups excluding carboxylic acids is 1. The molecule has 28 heavy (non-hydrogen) atoms. The number of carbonyl (C=O) groups is 1. The van der Waals surface area contributed by atoms with Crippen molar-refractivity contribution < 1.29 is 13.2 Å². The van der Waals surface area contributed by atoms with Crippen LogP contribution in [0.1, 0.15) is 11.1 Å². The molecule has 10 nitrogen and oxygen atoms in total. The van der Waals surface area contributed by atoms with Gasteiger partial charge in [-0.1, -0.05) is 0 Å². The third kappa shape index (κ3) is 3.11. The number of aryl methyl sites for hydroxylation is 1. The summed E-state index contributed by atoms with van der Waals surface area (Å²) in [6, 6.07) is 5.83. The number of hydrogen-bond donors (Lipinski definition) is 2. The first kappa shape index (κ1) is 17.8. The molecule has 0 aliphatic carbocycles. The van der Waals surface area contributed by atoms with Gasteiger partial charge in [-0.15, -0.1) is 0 Å². The minimum atomic E-state index is -3.87. The van der Waals surface area contributed by atoms with Crippen molar-refractivity contribution in [2.75, 3.05) is 15.4 Å². The summed E-state index contributed by atoms with van der Waals surface area (Å²) in [7, 11) is -3.87. The Morgan fingerprint density at radius 2 is 1.75 bits per heavy atom. The normalized spacial score (nSPS) is 13.5. The van der Waals surface area contributed by atoms with Gasteiger partial charge in [0.15, 0.2) is 0 Å². The van der Waals surface area contributed by atoms with Crippen molar-refractivity contribution in [1.29, 1.82) is 0 Å². The number of amides is 1. The van der Waals surface area contributed by atoms with E-state index in [2.05, 4.69) is 24.7 Å². The van der Waals surface area contributed by atoms with Crippen molar-refractivity contribution in [1.82, 2.24) is 19.9 Å². The number of sulfonamides is 1. The highest BCUT2D eigenvalue weighted by molar-refractivity contribution is 7.92. The molecule has 1 amide bonds. The van der Waals surface area contributed by atoms with E-state index in [1.54, 1.807) is 6.92 Å². The van der Waals surface area contributed by atoms with Crippen molar-refractivity contribution in [2.24, 2.45) is 0 Å². The summed E-state index contributed by atoms with van der Waals surface area (Å²) in [5, 5.41) is 0. The van der Waals surface area contributed by atoms with Gasteiger partial charge in [-0.3, -0.25) is 9.69 Å². The summed E-state index contributed by atoms with van der Waals surface area (Å²) in [4.78, 5) is 29.7. The molecule has 0 atom stereocenters. The van der Waals surface area contributed by atoms with Crippen LogP contribution in [0.3, 0.4) is 0 Å². The van der Waals surface area contributed by atoms with E-state index in [1.165, 1.54) is 47.9 Å². The lowest BCUT2D eigenvalue weighted by molar-refractivity contribution is -0.116. The number of nitrogen functional groups attached to an aromatic ring is 1. The molecule has 142 valence electrons. The van der Waals surface area contributed by atoms with Gasteiger partial charge >= 0.3 is 0 Å². The van der Waals surface area contributed by atoms with Gasteiger partial charge < -0.3 is 5.73 Å². The number of nitrogens with zero attached hydrogens (tertiary/aromatic N) is 5. The summed E-state index contributed by atoms with van der Waals surface area (Å²) >= 11 is 0. The number of fused-ring (bicyclic) bond motifs is 1. The minimum Gasteiger partial charge on any atom is -0.383 e. The van der Waals surface area contributed by atoms with Crippen LogP contribution in [0.4, 0.5) is 23.3 Å². The highest BCUT2D eigenvalue weighted by Gasteiger charge is 2.32. The molecule has 0 saturated carbocycles. The van der Waals surface area contributed by atoms with Crippen molar-refractivity contribution in [3.8, 4) is 0 Å². The maximum atomic E-state index is 12.5. The van der Waals surface area contributed by atoms with E-state index in [0.29, 0.717) is 17.1 Å². The number of nitrogens with one attached hydrogen (secondary N) is 1. The van der Waals surface area contributed by atoms with Gasteiger partial charge in [-0.25, -0.2) is 33.1 Å². The van der Waals surface area contributed by atoms with E-state index in [0.717, 1.165) is 5.56 Å². The molecule has 0 spiro atoms. The number of aromatic nitrogens is 4. The summed E-state index contributed by atoms with van der Waals surface area (Å²) in [5.41, 5.74) is 7.66. The molecule has 0 saturated heterocycles. The topological polar surface area (TPSA) is 144 Å². The highest BCUT2D eigenvalue weighted by atomic mass is 32.2. The average Bonchev–Trinajstić information content (AvgIpc) is 3.01. The summed E-state index contributed by atoms with van der Waals surface area (Å²) in [5.74, 6) is 0.413. The second-order valence-electron chi connectivity index (χ2n) is 6.15. The van der Waals surface area contributed by atoms with Crippen LogP contribution in [0.2, 0.25) is 0 Å². The van der Waals surface area contributed by atoms with Crippen LogP contribution in [0.15, 0.2) is 47.9 Å². The number of benzene rings is 1. The molecular formula is C17H15N7O3S. The lowest BCUT2D eigenvalue weighted by atomic mass is 10.2. The zero-order chi connectivity index (χ0) is 19.9. The number of nitrogens with two attached hydrogens (primary N) is 1. The highest BCUT2D eigenvalue weighted by Crippen LogP contribution is 2.35. The molecule has 2 aromatic heterocycles. The molecule has 11 heteroatoms. The molecule has 3 heterocycles. The van der Waals surface area contributed by atoms with Crippen molar-refractivity contribution >= 4 is 39.2 Å². The maximum absolute atomic E-state index is 12.5. The Morgan fingerprint density at radius 3 is 2.43 bits per heavy atom. The van der Waals surface area contributed by atoms with Crippen LogP contribution in [0.5, 0.6) is 0 Å². The Kier molecular flexibility index (Phi) is 4.15. The monoisotopic (exact) mass is 397 g/mol. The number of rotatable bonds is 4. The van der Waals surface area contributed by atoms with Gasteiger partial charge in [0.05, 0.1) is 17.0 Å². The van der Waals surface area contributed by atoms with Crippen molar-refractivity contribution in [3.05, 3.63) is 54.1 Å². The fourth-order valence-electron chi connectivity index (χ4n) is 2.79. The lowest BCUT2D eigenvalue weighted by Crippen LogP contribution is -2.21. The molecule has 1 aliphatic rings. The van der Waals surface area contributed by atoms with Crippen molar-refractivity contribution in [2.45, 2.75) is 18.2 Å². The average molecular weight is 397 g/mol. The van der Waals surface area contributed by atoms with E-state index in [4.69, 9.17) is 5.73 Å². The Labute approximate surface area is 160 Å². The Balaban J connectivity index is 1.62. The largest absolute Gasteiger partial charge is 0.383 e. The van der Waals surface area contributed by atoms with Gasteiger partial charge in [-0.05, 0) is 36.8 Å². The summed E-state index contributed by atoms with van der Waals surface area (Å²) in [6.07, 6.45) is 4.40. The predicted octanol–water partition coefficient (Wildman–Crippen LogP) is 1.18. The first-order valence-corrected chi connectivity index (χ1v) is 9.67. The molecule has 3 aromatic rings. The molecule has 0 unspecified atom stereocenters. The molecule has 4 rings (SSSR count). The van der Waals surface area contributed by atoms with E-state index in [-0.39, 0.29) is 29.0 Å². The van der Waals surface area contributed by atoms with Crippen molar-refractivity contribution in [3.63, 3.8) is 0 Å². The molecule has 1 aromatic carbocycles. The molecule has 0 radical (unpaired) electrons. The number of anilines is 4. The lowest BCUT2D eigenvalue weighted by Gasteiger charge is -2.17. The van der Waals surface area contributed by atoms with Gasteiger partial charge in [0, 0.05) is 18.0 Å². The SMILES string of the molecule is Cc1cnc(NS(=O)(=O)c2ccc(N3C(=O)Cc4c(N)ncnc43)cc2)nc1. The van der Waals surface area contributed by atoms with E-state index < -0.39 is 10.0 Å². The van der Waals surface area contributed by atoms with Gasteiger partial charge in [0.2, 0.25) is 11.9 Å². The molecule has 3 N–H and O–H groups in total. The summed E-state index contributed by atoms with van der Waals surface area (Å²) in [6.45, 7) is 1.80. The van der Waals surface area contributed by atoms with E-state index >= 15 is 0 Å². The maximum Gasteiger partial charge on any atom is 0.264 e. The van der Waals surface area contributed by atoms with Crippen LogP contribution < -0.4 is 15.4 Å². The second kappa shape index (κ2) is 6.53. The zero-order valence-corrected chi connectivity index (χ0v) is 15.5. The molecule has 0 fully saturated rings. The fourth-order valence-corrected chi connectivity index (χ4v) is 3.75. The second-order valence-corrected chi connectivity index (χ2v) is 7.83.